The van der Waals surface area contributed by atoms with E-state index in [0.29, 0.717) is 4.47 Å². The Bertz CT molecular complexity index is 599. The van der Waals surface area contributed by atoms with Gasteiger partial charge in [0, 0.05) is 0 Å². The summed E-state index contributed by atoms with van der Waals surface area (Å²) in [6, 6.07) is 11.0. The molecule has 0 bridgehead atoms. The number of halogens is 3. The van der Waals surface area contributed by atoms with Crippen LogP contribution < -0.4 is 4.74 Å². The van der Waals surface area contributed by atoms with Crippen LogP contribution in [0.2, 0.25) is 0 Å². The highest BCUT2D eigenvalue weighted by Crippen LogP contribution is 2.35. The van der Waals surface area contributed by atoms with E-state index < -0.39 is 0 Å². The predicted molar refractivity (Wildman–Crippen MR) is 82.6 cm³/mol. The van der Waals surface area contributed by atoms with Crippen molar-refractivity contribution in [2.75, 3.05) is 7.11 Å². The van der Waals surface area contributed by atoms with Crippen molar-refractivity contribution >= 4 is 31.9 Å². The molecule has 0 fully saturated rings. The van der Waals surface area contributed by atoms with Crippen LogP contribution in [0.25, 0.3) is 0 Å². The van der Waals surface area contributed by atoms with E-state index in [2.05, 4.69) is 31.9 Å². The molecular weight excluding hydrogens is 375 g/mol. The highest BCUT2D eigenvalue weighted by Gasteiger charge is 2.14. The SMILES string of the molecule is COc1ccc(C(Br)c2ccc(Br)c(F)c2)c(C)c1. The van der Waals surface area contributed by atoms with E-state index in [1.807, 2.05) is 31.2 Å². The molecular formula is C15H13Br2FO. The first-order chi connectivity index (χ1) is 9.02. The van der Waals surface area contributed by atoms with Crippen molar-refractivity contribution in [3.05, 3.63) is 63.4 Å². The van der Waals surface area contributed by atoms with Crippen LogP contribution in [0.1, 0.15) is 21.5 Å². The number of methoxy groups -OCH3 is 1. The average Bonchev–Trinajstić information content (AvgIpc) is 2.41. The molecule has 2 aromatic carbocycles. The van der Waals surface area contributed by atoms with Crippen molar-refractivity contribution in [2.24, 2.45) is 0 Å². The van der Waals surface area contributed by atoms with Crippen LogP contribution >= 0.6 is 31.9 Å². The summed E-state index contributed by atoms with van der Waals surface area (Å²) < 4.78 is 19.3. The summed E-state index contributed by atoms with van der Waals surface area (Å²) in [4.78, 5) is -0.0407. The summed E-state index contributed by atoms with van der Waals surface area (Å²) in [5, 5.41) is 0. The molecule has 100 valence electrons. The van der Waals surface area contributed by atoms with E-state index in [1.165, 1.54) is 6.07 Å². The van der Waals surface area contributed by atoms with E-state index in [1.54, 1.807) is 13.2 Å². The summed E-state index contributed by atoms with van der Waals surface area (Å²) in [5.74, 6) is 0.566. The minimum Gasteiger partial charge on any atom is -0.497 e. The Balaban J connectivity index is 2.38. The zero-order valence-electron chi connectivity index (χ0n) is 10.6. The predicted octanol–water partition coefficient (Wildman–Crippen LogP) is 5.39. The number of aryl methyl sites for hydroxylation is 1. The number of ether oxygens (including phenoxy) is 1. The molecule has 0 aliphatic carbocycles. The summed E-state index contributed by atoms with van der Waals surface area (Å²) >= 11 is 6.79. The first-order valence-electron chi connectivity index (χ1n) is 5.76. The quantitative estimate of drug-likeness (QED) is 0.641. The largest absolute Gasteiger partial charge is 0.497 e. The molecule has 19 heavy (non-hydrogen) atoms. The highest BCUT2D eigenvalue weighted by molar-refractivity contribution is 9.10. The molecule has 1 unspecified atom stereocenters. The molecule has 0 aromatic heterocycles. The van der Waals surface area contributed by atoms with Gasteiger partial charge < -0.3 is 4.74 Å². The molecule has 0 saturated heterocycles. The molecule has 4 heteroatoms. The summed E-state index contributed by atoms with van der Waals surface area (Å²) in [7, 11) is 1.64. The average molecular weight is 388 g/mol. The van der Waals surface area contributed by atoms with Crippen LogP contribution in [-0.2, 0) is 0 Å². The lowest BCUT2D eigenvalue weighted by Gasteiger charge is -2.15. The minimum atomic E-state index is -0.256. The van der Waals surface area contributed by atoms with Crippen molar-refractivity contribution in [1.82, 2.24) is 0 Å². The van der Waals surface area contributed by atoms with Crippen molar-refractivity contribution < 1.29 is 9.13 Å². The lowest BCUT2D eigenvalue weighted by atomic mass is 10.00. The zero-order valence-corrected chi connectivity index (χ0v) is 13.8. The number of rotatable bonds is 3. The Kier molecular flexibility index (Phi) is 4.63. The van der Waals surface area contributed by atoms with Gasteiger partial charge in [-0.2, -0.15) is 0 Å². The Morgan fingerprint density at radius 3 is 2.47 bits per heavy atom. The highest BCUT2D eigenvalue weighted by atomic mass is 79.9. The second-order valence-electron chi connectivity index (χ2n) is 4.26. The van der Waals surface area contributed by atoms with Gasteiger partial charge in [-0.1, -0.05) is 28.1 Å². The van der Waals surface area contributed by atoms with Crippen molar-refractivity contribution in [1.29, 1.82) is 0 Å². The molecule has 2 aromatic rings. The van der Waals surface area contributed by atoms with Gasteiger partial charge >= 0.3 is 0 Å². The van der Waals surface area contributed by atoms with Gasteiger partial charge in [0.05, 0.1) is 16.4 Å². The van der Waals surface area contributed by atoms with Gasteiger partial charge in [0.1, 0.15) is 11.6 Å². The van der Waals surface area contributed by atoms with Crippen LogP contribution in [0, 0.1) is 12.7 Å². The number of hydrogen-bond acceptors (Lipinski definition) is 1. The van der Waals surface area contributed by atoms with Crippen LogP contribution in [0.5, 0.6) is 5.75 Å². The van der Waals surface area contributed by atoms with Gasteiger partial charge in [0.25, 0.3) is 0 Å². The molecule has 0 saturated carbocycles. The maximum Gasteiger partial charge on any atom is 0.137 e. The molecule has 0 aliphatic rings. The van der Waals surface area contributed by atoms with Gasteiger partial charge in [-0.15, -0.1) is 0 Å². The first-order valence-corrected chi connectivity index (χ1v) is 7.47. The normalized spacial score (nSPS) is 12.3. The number of hydrogen-bond donors (Lipinski definition) is 0. The molecule has 0 amide bonds. The molecule has 1 atom stereocenters. The standard InChI is InChI=1S/C15H13Br2FO/c1-9-7-11(19-2)4-5-12(9)15(17)10-3-6-13(16)14(18)8-10/h3-8,15H,1-2H3. The monoisotopic (exact) mass is 386 g/mol. The summed E-state index contributed by atoms with van der Waals surface area (Å²) in [5.41, 5.74) is 3.08. The Labute approximate surface area is 129 Å². The third-order valence-electron chi connectivity index (χ3n) is 2.99. The van der Waals surface area contributed by atoms with Gasteiger partial charge in [0.2, 0.25) is 0 Å². The topological polar surface area (TPSA) is 9.23 Å². The number of benzene rings is 2. The third-order valence-corrected chi connectivity index (χ3v) is 4.65. The molecule has 0 heterocycles. The second kappa shape index (κ2) is 6.06. The Morgan fingerprint density at radius 2 is 1.89 bits per heavy atom. The van der Waals surface area contributed by atoms with Gasteiger partial charge in [-0.3, -0.25) is 0 Å². The fourth-order valence-electron chi connectivity index (χ4n) is 1.91. The zero-order chi connectivity index (χ0) is 14.0. The maximum atomic E-state index is 13.6. The fourth-order valence-corrected chi connectivity index (χ4v) is 2.95. The molecule has 1 nitrogen and oxygen atoms in total. The smallest absolute Gasteiger partial charge is 0.137 e. The Hall–Kier alpha value is -0.870. The van der Waals surface area contributed by atoms with Crippen molar-refractivity contribution in [3.63, 3.8) is 0 Å². The Morgan fingerprint density at radius 1 is 1.16 bits per heavy atom. The van der Waals surface area contributed by atoms with Crippen molar-refractivity contribution in [3.8, 4) is 5.75 Å². The van der Waals surface area contributed by atoms with Gasteiger partial charge in [-0.05, 0) is 63.8 Å². The maximum absolute atomic E-state index is 13.6. The lowest BCUT2D eigenvalue weighted by molar-refractivity contribution is 0.414. The molecule has 0 N–H and O–H groups in total. The molecule has 2 rings (SSSR count). The summed E-state index contributed by atoms with van der Waals surface area (Å²) in [6.07, 6.45) is 0. The third kappa shape index (κ3) is 3.18. The van der Waals surface area contributed by atoms with Gasteiger partial charge in [0.15, 0.2) is 0 Å². The summed E-state index contributed by atoms with van der Waals surface area (Å²) in [6.45, 7) is 2.02. The van der Waals surface area contributed by atoms with E-state index >= 15 is 0 Å². The van der Waals surface area contributed by atoms with Gasteiger partial charge in [-0.25, -0.2) is 4.39 Å². The fraction of sp³-hybridized carbons (Fsp3) is 0.200. The first kappa shape index (κ1) is 14.5. The van der Waals surface area contributed by atoms with Crippen LogP contribution in [-0.4, -0.2) is 7.11 Å². The van der Waals surface area contributed by atoms with E-state index in [9.17, 15) is 4.39 Å². The van der Waals surface area contributed by atoms with Crippen molar-refractivity contribution in [2.45, 2.75) is 11.8 Å². The molecule has 0 spiro atoms. The van der Waals surface area contributed by atoms with E-state index in [-0.39, 0.29) is 10.6 Å². The van der Waals surface area contributed by atoms with Crippen LogP contribution in [0.4, 0.5) is 4.39 Å². The van der Waals surface area contributed by atoms with E-state index in [4.69, 9.17) is 4.74 Å². The van der Waals surface area contributed by atoms with Crippen LogP contribution in [0.15, 0.2) is 40.9 Å². The van der Waals surface area contributed by atoms with Crippen LogP contribution in [0.3, 0.4) is 0 Å². The second-order valence-corrected chi connectivity index (χ2v) is 6.03. The number of alkyl halides is 1. The van der Waals surface area contributed by atoms with E-state index in [0.717, 1.165) is 22.4 Å². The minimum absolute atomic E-state index is 0.0407. The molecule has 0 radical (unpaired) electrons. The lowest BCUT2D eigenvalue weighted by Crippen LogP contribution is -1.97. The molecule has 0 aliphatic heterocycles.